The monoisotopic (exact) mass is 415 g/mol. The Balaban J connectivity index is 1.47. The van der Waals surface area contributed by atoms with E-state index in [0.717, 1.165) is 35.3 Å². The van der Waals surface area contributed by atoms with Crippen molar-refractivity contribution in [3.05, 3.63) is 23.3 Å². The van der Waals surface area contributed by atoms with Crippen LogP contribution >= 0.6 is 0 Å². The molecule has 1 saturated heterocycles. The topological polar surface area (TPSA) is 88.2 Å². The van der Waals surface area contributed by atoms with Gasteiger partial charge in [-0.3, -0.25) is 14.5 Å². The van der Waals surface area contributed by atoms with Gasteiger partial charge in [0.15, 0.2) is 11.5 Å². The normalized spacial score (nSPS) is 25.9. The first-order valence-electron chi connectivity index (χ1n) is 10.5. The number of ether oxygens (including phenoxy) is 2. The van der Waals surface area contributed by atoms with Gasteiger partial charge in [0, 0.05) is 13.1 Å². The van der Waals surface area contributed by atoms with Crippen molar-refractivity contribution in [3.63, 3.8) is 0 Å². The Hall–Kier alpha value is -2.77. The molecular formula is C22H29N3O5. The lowest BCUT2D eigenvalue weighted by Gasteiger charge is -2.37. The van der Waals surface area contributed by atoms with E-state index in [1.807, 2.05) is 19.1 Å². The smallest absolute Gasteiger partial charge is 0.325 e. The maximum absolute atomic E-state index is 13.1. The highest BCUT2D eigenvalue weighted by atomic mass is 16.5. The standard InChI is InChI=1S/C22H29N3O5/c1-14-6-4-5-8-22(14)20(27)25(21(28)23-22)13-19(26)24-9-7-15-10-17(29-2)18(30-3)11-16(15)12-24/h10-11,14H,4-9,12-13H2,1-3H3,(H,23,28)/t14-,22+/m1/s1. The molecule has 0 aromatic heterocycles. The van der Waals surface area contributed by atoms with Crippen LogP contribution in [0, 0.1) is 5.92 Å². The summed E-state index contributed by atoms with van der Waals surface area (Å²) in [6.07, 6.45) is 4.20. The van der Waals surface area contributed by atoms with Crippen molar-refractivity contribution in [2.45, 2.75) is 51.1 Å². The van der Waals surface area contributed by atoms with Crippen LogP contribution in [0.1, 0.15) is 43.7 Å². The Morgan fingerprint density at radius 1 is 1.17 bits per heavy atom. The number of hydrogen-bond acceptors (Lipinski definition) is 5. The van der Waals surface area contributed by atoms with Crippen molar-refractivity contribution in [1.29, 1.82) is 0 Å². The molecule has 8 heteroatoms. The summed E-state index contributed by atoms with van der Waals surface area (Å²) in [5.41, 5.74) is 1.26. The zero-order valence-electron chi connectivity index (χ0n) is 17.8. The second kappa shape index (κ2) is 7.81. The molecule has 1 aromatic carbocycles. The van der Waals surface area contributed by atoms with Crippen LogP contribution in [0.2, 0.25) is 0 Å². The van der Waals surface area contributed by atoms with Gasteiger partial charge in [0.1, 0.15) is 12.1 Å². The number of rotatable bonds is 4. The summed E-state index contributed by atoms with van der Waals surface area (Å²) in [5, 5.41) is 2.91. The second-order valence-corrected chi connectivity index (χ2v) is 8.48. The molecule has 3 aliphatic rings. The van der Waals surface area contributed by atoms with Gasteiger partial charge >= 0.3 is 6.03 Å². The van der Waals surface area contributed by atoms with Crippen molar-refractivity contribution in [3.8, 4) is 11.5 Å². The zero-order valence-corrected chi connectivity index (χ0v) is 17.8. The van der Waals surface area contributed by atoms with Gasteiger partial charge < -0.3 is 19.7 Å². The molecule has 1 saturated carbocycles. The summed E-state index contributed by atoms with van der Waals surface area (Å²) in [6, 6.07) is 3.38. The summed E-state index contributed by atoms with van der Waals surface area (Å²) < 4.78 is 10.7. The van der Waals surface area contributed by atoms with Crippen LogP contribution in [0.3, 0.4) is 0 Å². The van der Waals surface area contributed by atoms with Gasteiger partial charge in [-0.1, -0.05) is 19.8 Å². The lowest BCUT2D eigenvalue weighted by Crippen LogP contribution is -2.54. The van der Waals surface area contributed by atoms with Crippen LogP contribution < -0.4 is 14.8 Å². The Labute approximate surface area is 176 Å². The quantitative estimate of drug-likeness (QED) is 0.761. The molecular weight excluding hydrogens is 386 g/mol. The molecule has 4 amide bonds. The van der Waals surface area contributed by atoms with Gasteiger partial charge in [0.2, 0.25) is 5.91 Å². The molecule has 0 radical (unpaired) electrons. The highest BCUT2D eigenvalue weighted by molar-refractivity contribution is 6.09. The van der Waals surface area contributed by atoms with E-state index in [-0.39, 0.29) is 24.3 Å². The molecule has 1 aliphatic carbocycles. The molecule has 2 atom stereocenters. The van der Waals surface area contributed by atoms with Crippen molar-refractivity contribution in [2.75, 3.05) is 27.3 Å². The number of urea groups is 1. The van der Waals surface area contributed by atoms with Gasteiger partial charge in [-0.15, -0.1) is 0 Å². The van der Waals surface area contributed by atoms with Crippen LogP contribution in [0.4, 0.5) is 4.79 Å². The van der Waals surface area contributed by atoms with E-state index in [1.54, 1.807) is 19.1 Å². The molecule has 162 valence electrons. The lowest BCUT2D eigenvalue weighted by molar-refractivity contribution is -0.141. The van der Waals surface area contributed by atoms with Crippen LogP contribution in [0.5, 0.6) is 11.5 Å². The van der Waals surface area contributed by atoms with E-state index in [9.17, 15) is 14.4 Å². The van der Waals surface area contributed by atoms with Crippen LogP contribution in [0.15, 0.2) is 12.1 Å². The SMILES string of the molecule is COc1cc2c(cc1OC)CN(C(=O)CN1C(=O)N[C@]3(CCCC[C@H]3C)C1=O)CC2. The average Bonchev–Trinajstić information content (AvgIpc) is 2.99. The number of hydrogen-bond donors (Lipinski definition) is 1. The van der Waals surface area contributed by atoms with Crippen LogP contribution in [-0.2, 0) is 22.6 Å². The highest BCUT2D eigenvalue weighted by Gasteiger charge is 2.55. The molecule has 30 heavy (non-hydrogen) atoms. The second-order valence-electron chi connectivity index (χ2n) is 8.48. The fourth-order valence-corrected chi connectivity index (χ4v) is 4.97. The number of carbonyl (C=O) groups is 3. The molecule has 8 nitrogen and oxygen atoms in total. The molecule has 1 spiro atoms. The van der Waals surface area contributed by atoms with Crippen molar-refractivity contribution in [1.82, 2.24) is 15.1 Å². The summed E-state index contributed by atoms with van der Waals surface area (Å²) in [6.45, 7) is 2.74. The Morgan fingerprint density at radius 3 is 2.53 bits per heavy atom. The summed E-state index contributed by atoms with van der Waals surface area (Å²) >= 11 is 0. The van der Waals surface area contributed by atoms with Gasteiger partial charge in [0.25, 0.3) is 5.91 Å². The number of nitrogens with zero attached hydrogens (tertiary/aromatic N) is 2. The number of imide groups is 1. The predicted octanol–water partition coefficient (Wildman–Crippen LogP) is 2.09. The zero-order chi connectivity index (χ0) is 21.5. The first kappa shape index (κ1) is 20.5. The molecule has 2 heterocycles. The molecule has 1 aromatic rings. The summed E-state index contributed by atoms with van der Waals surface area (Å²) in [7, 11) is 3.18. The number of fused-ring (bicyclic) bond motifs is 1. The van der Waals surface area contributed by atoms with Crippen molar-refractivity contribution in [2.24, 2.45) is 5.92 Å². The minimum Gasteiger partial charge on any atom is -0.493 e. The van der Waals surface area contributed by atoms with Crippen LogP contribution in [-0.4, -0.2) is 60.5 Å². The number of nitrogens with one attached hydrogen (secondary N) is 1. The molecule has 0 bridgehead atoms. The minimum absolute atomic E-state index is 0.0760. The van der Waals surface area contributed by atoms with E-state index in [1.165, 1.54) is 0 Å². The fourth-order valence-electron chi connectivity index (χ4n) is 4.97. The third-order valence-electron chi connectivity index (χ3n) is 6.87. The molecule has 2 aliphatic heterocycles. The average molecular weight is 415 g/mol. The van der Waals surface area contributed by atoms with Gasteiger partial charge in [-0.25, -0.2) is 4.79 Å². The molecule has 0 unspecified atom stereocenters. The first-order chi connectivity index (χ1) is 14.4. The van der Waals surface area contributed by atoms with E-state index in [4.69, 9.17) is 9.47 Å². The third-order valence-corrected chi connectivity index (χ3v) is 6.87. The summed E-state index contributed by atoms with van der Waals surface area (Å²) in [5.74, 6) is 0.888. The van der Waals surface area contributed by atoms with Gasteiger partial charge in [-0.2, -0.15) is 0 Å². The van der Waals surface area contributed by atoms with Crippen LogP contribution in [0.25, 0.3) is 0 Å². The van der Waals surface area contributed by atoms with Crippen molar-refractivity contribution >= 4 is 17.8 Å². The number of methoxy groups -OCH3 is 2. The maximum atomic E-state index is 13.1. The first-order valence-corrected chi connectivity index (χ1v) is 10.5. The predicted molar refractivity (Wildman–Crippen MR) is 109 cm³/mol. The number of carbonyl (C=O) groups excluding carboxylic acids is 3. The Morgan fingerprint density at radius 2 is 1.87 bits per heavy atom. The van der Waals surface area contributed by atoms with E-state index in [2.05, 4.69) is 5.32 Å². The lowest BCUT2D eigenvalue weighted by atomic mass is 9.73. The van der Waals surface area contributed by atoms with E-state index < -0.39 is 11.6 Å². The Bertz CT molecular complexity index is 886. The number of amides is 4. The number of benzene rings is 1. The fraction of sp³-hybridized carbons (Fsp3) is 0.591. The molecule has 2 fully saturated rings. The van der Waals surface area contributed by atoms with Gasteiger partial charge in [-0.05, 0) is 48.4 Å². The highest BCUT2D eigenvalue weighted by Crippen LogP contribution is 2.38. The maximum Gasteiger partial charge on any atom is 0.325 e. The van der Waals surface area contributed by atoms with E-state index in [0.29, 0.717) is 37.4 Å². The largest absolute Gasteiger partial charge is 0.493 e. The third kappa shape index (κ3) is 3.28. The Kier molecular flexibility index (Phi) is 5.34. The van der Waals surface area contributed by atoms with Crippen molar-refractivity contribution < 1.29 is 23.9 Å². The molecule has 4 rings (SSSR count). The minimum atomic E-state index is -0.839. The molecule has 1 N–H and O–H groups in total. The van der Waals surface area contributed by atoms with E-state index >= 15 is 0 Å². The summed E-state index contributed by atoms with van der Waals surface area (Å²) in [4.78, 5) is 41.5. The van der Waals surface area contributed by atoms with Gasteiger partial charge in [0.05, 0.1) is 14.2 Å².